The van der Waals surface area contributed by atoms with Gasteiger partial charge in [-0.2, -0.15) is 0 Å². The van der Waals surface area contributed by atoms with Crippen molar-refractivity contribution in [2.24, 2.45) is 0 Å². The summed E-state index contributed by atoms with van der Waals surface area (Å²) in [6.45, 7) is 2.04. The Morgan fingerprint density at radius 3 is 0.917 bits per heavy atom. The van der Waals surface area contributed by atoms with E-state index in [0.29, 0.717) is 0 Å². The lowest BCUT2D eigenvalue weighted by Crippen LogP contribution is -2.33. The molecule has 0 aliphatic rings. The van der Waals surface area contributed by atoms with E-state index in [1.165, 1.54) is 54.9 Å². The molecule has 0 radical (unpaired) electrons. The fraction of sp³-hybridized carbons (Fsp3) is 0.235. The van der Waals surface area contributed by atoms with Gasteiger partial charge in [0.05, 0.1) is 42.3 Å². The molecule has 0 unspecified atom stereocenters. The maximum Gasteiger partial charge on any atom is 0.104 e. The molecule has 0 bridgehead atoms. The Morgan fingerprint density at radius 1 is 0.389 bits per heavy atom. The first kappa shape index (κ1) is 24.2. The zero-order chi connectivity index (χ0) is 25.5. The van der Waals surface area contributed by atoms with Gasteiger partial charge in [0.25, 0.3) is 0 Å². The maximum absolute atomic E-state index is 2.30. The third-order valence-electron chi connectivity index (χ3n) is 6.73. The van der Waals surface area contributed by atoms with E-state index in [1.54, 1.807) is 0 Å². The molecule has 0 aliphatic heterocycles. The standard InChI is InChI=1S/C34H38N2/c1-35(2,3)23-25-15-19-27(20-16-25)33-29-11-7-9-13-31(29)34(32-14-10-8-12-30(32)33)28-21-17-26(18-22-28)24-36(4,5)6/h7-22H,23-24H2,1-6H3/q+2. The molecule has 0 saturated carbocycles. The van der Waals surface area contributed by atoms with Gasteiger partial charge in [0, 0.05) is 11.1 Å². The lowest BCUT2D eigenvalue weighted by molar-refractivity contribution is -0.884. The monoisotopic (exact) mass is 474 g/mol. The first-order valence-corrected chi connectivity index (χ1v) is 12.8. The molecule has 0 aromatic heterocycles. The van der Waals surface area contributed by atoms with E-state index in [2.05, 4.69) is 139 Å². The van der Waals surface area contributed by atoms with Crippen molar-refractivity contribution in [3.63, 3.8) is 0 Å². The predicted octanol–water partition coefficient (Wildman–Crippen LogP) is 7.74. The molecule has 0 spiro atoms. The molecule has 5 aromatic carbocycles. The minimum atomic E-state index is 0.924. The number of benzene rings is 5. The van der Waals surface area contributed by atoms with Crippen LogP contribution in [0.1, 0.15) is 11.1 Å². The van der Waals surface area contributed by atoms with Crippen molar-refractivity contribution in [3.05, 3.63) is 108 Å². The third-order valence-corrected chi connectivity index (χ3v) is 6.73. The van der Waals surface area contributed by atoms with E-state index in [0.717, 1.165) is 22.1 Å². The zero-order valence-corrected chi connectivity index (χ0v) is 22.5. The molecule has 0 fully saturated rings. The predicted molar refractivity (Wildman–Crippen MR) is 156 cm³/mol. The lowest BCUT2D eigenvalue weighted by Gasteiger charge is -2.24. The van der Waals surface area contributed by atoms with Crippen molar-refractivity contribution in [1.82, 2.24) is 0 Å². The minimum absolute atomic E-state index is 0.924. The molecule has 0 aliphatic carbocycles. The Morgan fingerprint density at radius 2 is 0.667 bits per heavy atom. The molecule has 0 heterocycles. The number of hydrogen-bond acceptors (Lipinski definition) is 0. The Bertz CT molecular complexity index is 1340. The smallest absolute Gasteiger partial charge is 0.104 e. The summed E-state index contributed by atoms with van der Waals surface area (Å²) in [6, 6.07) is 36.2. The molecule has 0 amide bonds. The summed E-state index contributed by atoms with van der Waals surface area (Å²) in [5.41, 5.74) is 7.93. The van der Waals surface area contributed by atoms with Crippen LogP contribution in [-0.2, 0) is 13.1 Å². The van der Waals surface area contributed by atoms with Crippen LogP contribution in [0.3, 0.4) is 0 Å². The molecule has 36 heavy (non-hydrogen) atoms. The van der Waals surface area contributed by atoms with Crippen molar-refractivity contribution in [1.29, 1.82) is 0 Å². The van der Waals surface area contributed by atoms with E-state index in [-0.39, 0.29) is 0 Å². The van der Waals surface area contributed by atoms with Gasteiger partial charge in [-0.05, 0) is 43.8 Å². The van der Waals surface area contributed by atoms with E-state index < -0.39 is 0 Å². The largest absolute Gasteiger partial charge is 0.327 e. The molecule has 2 nitrogen and oxygen atoms in total. The topological polar surface area (TPSA) is 0 Å². The van der Waals surface area contributed by atoms with Crippen LogP contribution in [-0.4, -0.2) is 51.3 Å². The van der Waals surface area contributed by atoms with Crippen molar-refractivity contribution >= 4 is 21.5 Å². The summed E-state index contributed by atoms with van der Waals surface area (Å²) in [7, 11) is 13.4. The summed E-state index contributed by atoms with van der Waals surface area (Å²) in [5.74, 6) is 0. The van der Waals surface area contributed by atoms with Gasteiger partial charge in [-0.25, -0.2) is 0 Å². The van der Waals surface area contributed by atoms with Crippen LogP contribution in [0, 0.1) is 0 Å². The second kappa shape index (κ2) is 9.20. The van der Waals surface area contributed by atoms with Gasteiger partial charge in [0.15, 0.2) is 0 Å². The first-order chi connectivity index (χ1) is 17.1. The number of hydrogen-bond donors (Lipinski definition) is 0. The molecular weight excluding hydrogens is 436 g/mol. The van der Waals surface area contributed by atoms with Crippen molar-refractivity contribution in [3.8, 4) is 22.3 Å². The quantitative estimate of drug-likeness (QED) is 0.174. The second-order valence-electron chi connectivity index (χ2n) is 12.1. The summed E-state index contributed by atoms with van der Waals surface area (Å²) in [5, 5.41) is 5.23. The van der Waals surface area contributed by atoms with Crippen LogP contribution in [0.4, 0.5) is 0 Å². The first-order valence-electron chi connectivity index (χ1n) is 12.8. The molecule has 0 N–H and O–H groups in total. The van der Waals surface area contributed by atoms with Crippen LogP contribution in [0.5, 0.6) is 0 Å². The average molecular weight is 475 g/mol. The van der Waals surface area contributed by atoms with Crippen molar-refractivity contribution < 1.29 is 8.97 Å². The van der Waals surface area contributed by atoms with E-state index in [1.807, 2.05) is 0 Å². The highest BCUT2D eigenvalue weighted by atomic mass is 15.3. The van der Waals surface area contributed by atoms with Gasteiger partial charge in [0.2, 0.25) is 0 Å². The highest BCUT2D eigenvalue weighted by molar-refractivity contribution is 6.21. The average Bonchev–Trinajstić information content (AvgIpc) is 2.82. The molecule has 2 heteroatoms. The number of fused-ring (bicyclic) bond motifs is 2. The lowest BCUT2D eigenvalue weighted by atomic mass is 9.85. The van der Waals surface area contributed by atoms with Crippen molar-refractivity contribution in [2.75, 3.05) is 42.3 Å². The van der Waals surface area contributed by atoms with Crippen LogP contribution in [0.2, 0.25) is 0 Å². The highest BCUT2D eigenvalue weighted by Gasteiger charge is 2.17. The minimum Gasteiger partial charge on any atom is -0.327 e. The van der Waals surface area contributed by atoms with Crippen LogP contribution < -0.4 is 0 Å². The second-order valence-corrected chi connectivity index (χ2v) is 12.1. The number of rotatable bonds is 6. The Kier molecular flexibility index (Phi) is 6.20. The third kappa shape index (κ3) is 5.06. The molecule has 0 atom stereocenters. The highest BCUT2D eigenvalue weighted by Crippen LogP contribution is 2.43. The Balaban J connectivity index is 1.70. The van der Waals surface area contributed by atoms with Crippen LogP contribution >= 0.6 is 0 Å². The molecular formula is C34H38N2+2. The summed E-state index contributed by atoms with van der Waals surface area (Å²) >= 11 is 0. The molecule has 5 aromatic rings. The fourth-order valence-electron chi connectivity index (χ4n) is 5.40. The van der Waals surface area contributed by atoms with E-state index in [4.69, 9.17) is 0 Å². The van der Waals surface area contributed by atoms with Gasteiger partial charge >= 0.3 is 0 Å². The maximum atomic E-state index is 2.30. The Labute approximate surface area is 216 Å². The van der Waals surface area contributed by atoms with Crippen LogP contribution in [0.25, 0.3) is 43.8 Å². The molecule has 182 valence electrons. The Hall–Kier alpha value is -3.46. The van der Waals surface area contributed by atoms with Crippen molar-refractivity contribution in [2.45, 2.75) is 13.1 Å². The van der Waals surface area contributed by atoms with E-state index in [9.17, 15) is 0 Å². The molecule has 5 rings (SSSR count). The van der Waals surface area contributed by atoms with Crippen LogP contribution in [0.15, 0.2) is 97.1 Å². The summed E-state index contributed by atoms with van der Waals surface area (Å²) in [6.07, 6.45) is 0. The number of nitrogens with zero attached hydrogens (tertiary/aromatic N) is 2. The van der Waals surface area contributed by atoms with E-state index >= 15 is 0 Å². The summed E-state index contributed by atoms with van der Waals surface area (Å²) in [4.78, 5) is 0. The van der Waals surface area contributed by atoms with Gasteiger partial charge in [-0.15, -0.1) is 0 Å². The zero-order valence-electron chi connectivity index (χ0n) is 22.5. The van der Waals surface area contributed by atoms with Gasteiger partial charge in [0.1, 0.15) is 13.1 Å². The molecule has 0 saturated heterocycles. The summed E-state index contributed by atoms with van der Waals surface area (Å²) < 4.78 is 1.85. The number of quaternary nitrogens is 2. The van der Waals surface area contributed by atoms with Gasteiger partial charge in [-0.1, -0.05) is 97.1 Å². The SMILES string of the molecule is C[N+](C)(C)Cc1ccc(-c2c3ccccc3c(-c3ccc(C[N+](C)(C)C)cc3)c3ccccc23)cc1. The van der Waals surface area contributed by atoms with Gasteiger partial charge in [-0.3, -0.25) is 0 Å². The normalized spacial score (nSPS) is 12.4. The van der Waals surface area contributed by atoms with Gasteiger partial charge < -0.3 is 8.97 Å². The fourth-order valence-corrected chi connectivity index (χ4v) is 5.40.